The van der Waals surface area contributed by atoms with Gasteiger partial charge in [-0.25, -0.2) is 0 Å². The molecule has 154 valence electrons. The first-order valence-electron chi connectivity index (χ1n) is 9.69. The molecular formula is C20H36IN5O. The highest BCUT2D eigenvalue weighted by Crippen LogP contribution is 2.19. The minimum absolute atomic E-state index is 0. The number of nitrogens with zero attached hydrogens (tertiary/aromatic N) is 3. The normalized spacial score (nSPS) is 15.9. The van der Waals surface area contributed by atoms with Crippen LogP contribution in [0.3, 0.4) is 0 Å². The average molecular weight is 489 g/mol. The minimum Gasteiger partial charge on any atom is -0.496 e. The molecule has 0 unspecified atom stereocenters. The predicted octanol–water partition coefficient (Wildman–Crippen LogP) is 1.97. The maximum absolute atomic E-state index is 5.45. The van der Waals surface area contributed by atoms with Gasteiger partial charge in [0.05, 0.1) is 7.11 Å². The van der Waals surface area contributed by atoms with Crippen molar-refractivity contribution < 1.29 is 4.74 Å². The number of halogens is 1. The number of ether oxygens (including phenoxy) is 1. The van der Waals surface area contributed by atoms with E-state index in [1.54, 1.807) is 7.11 Å². The third-order valence-electron chi connectivity index (χ3n) is 4.98. The van der Waals surface area contributed by atoms with E-state index in [1.165, 1.54) is 24.2 Å². The summed E-state index contributed by atoms with van der Waals surface area (Å²) < 4.78 is 5.45. The van der Waals surface area contributed by atoms with Gasteiger partial charge in [0.25, 0.3) is 0 Å². The number of methoxy groups -OCH3 is 1. The lowest BCUT2D eigenvalue weighted by Crippen LogP contribution is -2.49. The van der Waals surface area contributed by atoms with Gasteiger partial charge in [-0.3, -0.25) is 9.89 Å². The zero-order valence-electron chi connectivity index (χ0n) is 17.3. The Morgan fingerprint density at radius 3 is 2.41 bits per heavy atom. The molecule has 1 fully saturated rings. The fourth-order valence-corrected chi connectivity index (χ4v) is 3.30. The molecule has 2 rings (SSSR count). The average Bonchev–Trinajstić information content (AvgIpc) is 2.67. The van der Waals surface area contributed by atoms with Crippen LogP contribution in [-0.4, -0.2) is 82.3 Å². The van der Waals surface area contributed by atoms with Crippen molar-refractivity contribution in [1.82, 2.24) is 20.4 Å². The Bertz CT molecular complexity index is 573. The zero-order valence-corrected chi connectivity index (χ0v) is 19.6. The number of hydrogen-bond donors (Lipinski definition) is 2. The van der Waals surface area contributed by atoms with Crippen LogP contribution >= 0.6 is 24.0 Å². The molecule has 6 nitrogen and oxygen atoms in total. The summed E-state index contributed by atoms with van der Waals surface area (Å²) >= 11 is 0. The van der Waals surface area contributed by atoms with Crippen LogP contribution in [-0.2, 0) is 6.42 Å². The third-order valence-corrected chi connectivity index (χ3v) is 4.98. The molecule has 1 aliphatic rings. The number of aliphatic imine (C=N–C) groups is 1. The number of nitrogens with one attached hydrogen (secondary N) is 2. The molecule has 1 aliphatic heterocycles. The molecule has 0 amide bonds. The summed E-state index contributed by atoms with van der Waals surface area (Å²) in [6, 6.07) is 6.30. The van der Waals surface area contributed by atoms with Gasteiger partial charge in [0.15, 0.2) is 5.96 Å². The number of aryl methyl sites for hydroxylation is 1. The lowest BCUT2D eigenvalue weighted by atomic mass is 10.1. The summed E-state index contributed by atoms with van der Waals surface area (Å²) in [5.41, 5.74) is 2.48. The summed E-state index contributed by atoms with van der Waals surface area (Å²) in [6.45, 7) is 13.0. The van der Waals surface area contributed by atoms with Gasteiger partial charge in [-0.2, -0.15) is 0 Å². The van der Waals surface area contributed by atoms with E-state index in [-0.39, 0.29) is 24.0 Å². The van der Waals surface area contributed by atoms with Gasteiger partial charge < -0.3 is 20.3 Å². The number of guanidine groups is 1. The van der Waals surface area contributed by atoms with Crippen LogP contribution in [0.15, 0.2) is 23.2 Å². The van der Waals surface area contributed by atoms with Crippen LogP contribution < -0.4 is 15.4 Å². The third kappa shape index (κ3) is 8.23. The first-order valence-corrected chi connectivity index (χ1v) is 9.69. The molecule has 27 heavy (non-hydrogen) atoms. The topological polar surface area (TPSA) is 52.1 Å². The minimum atomic E-state index is 0. The fourth-order valence-electron chi connectivity index (χ4n) is 3.30. The Labute approximate surface area is 181 Å². The van der Waals surface area contributed by atoms with Gasteiger partial charge in [-0.05, 0) is 31.5 Å². The summed E-state index contributed by atoms with van der Waals surface area (Å²) in [5, 5.41) is 6.82. The monoisotopic (exact) mass is 489 g/mol. The van der Waals surface area contributed by atoms with Gasteiger partial charge >= 0.3 is 0 Å². The largest absolute Gasteiger partial charge is 0.496 e. The maximum Gasteiger partial charge on any atom is 0.191 e. The predicted molar refractivity (Wildman–Crippen MR) is 125 cm³/mol. The summed E-state index contributed by atoms with van der Waals surface area (Å²) in [4.78, 5) is 9.35. The standard InChI is InChI=1S/C20H35N5O.HI/c1-5-24-12-14-25(15-13-24)11-10-23-20(21-3)22-9-8-18-16-17(2)6-7-19(18)26-4;/h6-7,16H,5,8-15H2,1-4H3,(H2,21,22,23);1H. The molecule has 0 bridgehead atoms. The van der Waals surface area contributed by atoms with Crippen LogP contribution in [0.4, 0.5) is 0 Å². The van der Waals surface area contributed by atoms with Crippen molar-refractivity contribution in [3.63, 3.8) is 0 Å². The van der Waals surface area contributed by atoms with Gasteiger partial charge in [-0.15, -0.1) is 24.0 Å². The summed E-state index contributed by atoms with van der Waals surface area (Å²) in [7, 11) is 3.55. The highest BCUT2D eigenvalue weighted by molar-refractivity contribution is 14.0. The second-order valence-electron chi connectivity index (χ2n) is 6.77. The molecule has 0 aromatic heterocycles. The van der Waals surface area contributed by atoms with Crippen molar-refractivity contribution in [3.8, 4) is 5.75 Å². The molecule has 0 spiro atoms. The van der Waals surface area contributed by atoms with Crippen LogP contribution in [0, 0.1) is 6.92 Å². The SMILES string of the molecule is CCN1CCN(CCNC(=NC)NCCc2cc(C)ccc2OC)CC1.I. The van der Waals surface area contributed by atoms with Crippen LogP contribution in [0.1, 0.15) is 18.1 Å². The van der Waals surface area contributed by atoms with E-state index in [9.17, 15) is 0 Å². The highest BCUT2D eigenvalue weighted by atomic mass is 127. The number of hydrogen-bond acceptors (Lipinski definition) is 4. The van der Waals surface area contributed by atoms with Gasteiger partial charge in [0.2, 0.25) is 0 Å². The summed E-state index contributed by atoms with van der Waals surface area (Å²) in [6.07, 6.45) is 0.907. The second kappa shape index (κ2) is 13.2. The van der Waals surface area contributed by atoms with Gasteiger partial charge in [-0.1, -0.05) is 24.6 Å². The second-order valence-corrected chi connectivity index (χ2v) is 6.77. The molecule has 1 heterocycles. The van der Waals surface area contributed by atoms with Gasteiger partial charge in [0, 0.05) is 52.9 Å². The van der Waals surface area contributed by atoms with Gasteiger partial charge in [0.1, 0.15) is 5.75 Å². The zero-order chi connectivity index (χ0) is 18.8. The Hall–Kier alpha value is -1.06. The van der Waals surface area contributed by atoms with E-state index in [0.717, 1.165) is 57.4 Å². The van der Waals surface area contributed by atoms with E-state index < -0.39 is 0 Å². The molecule has 2 N–H and O–H groups in total. The molecule has 7 heteroatoms. The molecule has 1 aromatic carbocycles. The number of benzene rings is 1. The maximum atomic E-state index is 5.45. The number of rotatable bonds is 8. The lowest BCUT2D eigenvalue weighted by molar-refractivity contribution is 0.139. The van der Waals surface area contributed by atoms with Crippen LogP contribution in [0.2, 0.25) is 0 Å². The number of piperazine rings is 1. The van der Waals surface area contributed by atoms with Crippen LogP contribution in [0.25, 0.3) is 0 Å². The van der Waals surface area contributed by atoms with Crippen molar-refractivity contribution in [2.75, 3.05) is 66.5 Å². The molecule has 0 aliphatic carbocycles. The Kier molecular flexibility index (Phi) is 11.7. The molecular weight excluding hydrogens is 453 g/mol. The van der Waals surface area contributed by atoms with E-state index in [2.05, 4.69) is 51.4 Å². The Morgan fingerprint density at radius 1 is 1.11 bits per heavy atom. The Morgan fingerprint density at radius 2 is 1.78 bits per heavy atom. The van der Waals surface area contributed by atoms with Crippen molar-refractivity contribution >= 4 is 29.9 Å². The molecule has 1 saturated heterocycles. The first-order chi connectivity index (χ1) is 12.7. The molecule has 1 aromatic rings. The molecule has 0 atom stereocenters. The molecule has 0 saturated carbocycles. The quantitative estimate of drug-likeness (QED) is 0.332. The fraction of sp³-hybridized carbons (Fsp3) is 0.650. The van der Waals surface area contributed by atoms with E-state index in [4.69, 9.17) is 4.74 Å². The Balaban J connectivity index is 0.00000364. The van der Waals surface area contributed by atoms with Crippen molar-refractivity contribution in [3.05, 3.63) is 29.3 Å². The van der Waals surface area contributed by atoms with E-state index >= 15 is 0 Å². The van der Waals surface area contributed by atoms with Crippen molar-refractivity contribution in [1.29, 1.82) is 0 Å². The smallest absolute Gasteiger partial charge is 0.191 e. The summed E-state index contributed by atoms with van der Waals surface area (Å²) in [5.74, 6) is 1.82. The van der Waals surface area contributed by atoms with E-state index in [1.807, 2.05) is 13.1 Å². The van der Waals surface area contributed by atoms with E-state index in [0.29, 0.717) is 0 Å². The van der Waals surface area contributed by atoms with Crippen LogP contribution in [0.5, 0.6) is 5.75 Å². The molecule has 0 radical (unpaired) electrons. The first kappa shape index (κ1) is 24.0. The number of likely N-dealkylation sites (N-methyl/N-ethyl adjacent to an activating group) is 1. The van der Waals surface area contributed by atoms with Crippen molar-refractivity contribution in [2.45, 2.75) is 20.3 Å². The lowest BCUT2D eigenvalue weighted by Gasteiger charge is -2.34. The highest BCUT2D eigenvalue weighted by Gasteiger charge is 2.14. The van der Waals surface area contributed by atoms with Crippen molar-refractivity contribution in [2.24, 2.45) is 4.99 Å².